The van der Waals surface area contributed by atoms with Gasteiger partial charge in [0.15, 0.2) is 11.6 Å². The zero-order valence-electron chi connectivity index (χ0n) is 18.4. The number of carboxylic acid groups (broad SMARTS) is 1. The number of ether oxygens (including phenoxy) is 2. The molecule has 0 heterocycles. The van der Waals surface area contributed by atoms with Gasteiger partial charge in [-0.2, -0.15) is 14.0 Å². The summed E-state index contributed by atoms with van der Waals surface area (Å²) in [4.78, 5) is 12.6. The van der Waals surface area contributed by atoms with Crippen molar-refractivity contribution in [2.24, 2.45) is 5.92 Å². The topological polar surface area (TPSA) is 82.4 Å². The highest BCUT2D eigenvalue weighted by atomic mass is 19.3. The number of para-hydroxylation sites is 1. The Kier molecular flexibility index (Phi) is 7.47. The van der Waals surface area contributed by atoms with Crippen LogP contribution in [0, 0.1) is 23.1 Å². The van der Waals surface area contributed by atoms with Crippen molar-refractivity contribution in [1.29, 1.82) is 5.26 Å². The number of alkyl halides is 2. The largest absolute Gasteiger partial charge is 0.549 e. The third-order valence-corrected chi connectivity index (χ3v) is 5.63. The molecule has 176 valence electrons. The third kappa shape index (κ3) is 4.84. The summed E-state index contributed by atoms with van der Waals surface area (Å²) in [5.74, 6) is -4.68. The summed E-state index contributed by atoms with van der Waals surface area (Å²) in [5, 5.41) is 22.7. The first-order valence-electron chi connectivity index (χ1n) is 10.4. The van der Waals surface area contributed by atoms with E-state index < -0.39 is 41.4 Å². The molecule has 0 saturated carbocycles. The number of rotatable bonds is 9. The van der Waals surface area contributed by atoms with Gasteiger partial charge in [0.1, 0.15) is 11.5 Å². The van der Waals surface area contributed by atoms with Crippen molar-refractivity contribution in [2.45, 2.75) is 31.8 Å². The van der Waals surface area contributed by atoms with Gasteiger partial charge < -0.3 is 19.4 Å². The molecule has 0 aromatic heterocycles. The first-order valence-corrected chi connectivity index (χ1v) is 10.4. The fraction of sp³-hybridized carbons (Fsp3) is 0.231. The molecule has 2 atom stereocenters. The quantitative estimate of drug-likeness (QED) is 0.433. The van der Waals surface area contributed by atoms with Gasteiger partial charge in [-0.1, -0.05) is 50.2 Å². The summed E-state index contributed by atoms with van der Waals surface area (Å²) in [6.45, 7) is -0.131. The maximum absolute atomic E-state index is 14.6. The number of hydrogen-bond donors (Lipinski definition) is 0. The van der Waals surface area contributed by atoms with Crippen LogP contribution in [0.2, 0.25) is 0 Å². The second-order valence-electron chi connectivity index (χ2n) is 7.88. The number of halogens is 3. The van der Waals surface area contributed by atoms with E-state index in [2.05, 4.69) is 4.74 Å². The minimum absolute atomic E-state index is 0.109. The van der Waals surface area contributed by atoms with Gasteiger partial charge in [-0.3, -0.25) is 0 Å². The number of carbonyl (C=O) groups excluding carboxylic acids is 1. The molecule has 0 radical (unpaired) electrons. The molecule has 2 unspecified atom stereocenters. The lowest BCUT2D eigenvalue weighted by Crippen LogP contribution is -2.53. The third-order valence-electron chi connectivity index (χ3n) is 5.63. The van der Waals surface area contributed by atoms with E-state index in [4.69, 9.17) is 4.74 Å². The van der Waals surface area contributed by atoms with Crippen molar-refractivity contribution in [3.05, 3.63) is 89.7 Å². The van der Waals surface area contributed by atoms with E-state index in [0.29, 0.717) is 17.1 Å². The Morgan fingerprint density at radius 2 is 1.68 bits per heavy atom. The van der Waals surface area contributed by atoms with Gasteiger partial charge in [-0.25, -0.2) is 4.39 Å². The Morgan fingerprint density at radius 3 is 2.24 bits per heavy atom. The van der Waals surface area contributed by atoms with Crippen LogP contribution in [0.3, 0.4) is 0 Å². The molecule has 0 aliphatic rings. The first-order chi connectivity index (χ1) is 16.2. The van der Waals surface area contributed by atoms with Gasteiger partial charge in [0, 0.05) is 0 Å². The molecule has 0 spiro atoms. The Hall–Kier alpha value is -3.99. The maximum Gasteiger partial charge on any atom is 0.387 e. The zero-order valence-corrected chi connectivity index (χ0v) is 18.4. The van der Waals surface area contributed by atoms with E-state index in [0.717, 1.165) is 18.2 Å². The molecule has 3 aromatic carbocycles. The lowest BCUT2D eigenvalue weighted by atomic mass is 9.62. The fourth-order valence-electron chi connectivity index (χ4n) is 4.08. The Balaban J connectivity index is 2.12. The standard InChI is InChI=1S/C26H22F3NO4/c1-16(2)26(24(31)32,18-11-12-23(22(27)14-18)34-25(28)29)21(15-30)17-7-6-10-20(13-17)33-19-8-4-3-5-9-19/h3-14,16,21,25H,1-2H3,(H,31,32)/p-1. The van der Waals surface area contributed by atoms with Gasteiger partial charge in [0.2, 0.25) is 0 Å². The van der Waals surface area contributed by atoms with Crippen LogP contribution in [0.25, 0.3) is 0 Å². The molecule has 3 aromatic rings. The number of aliphatic carboxylic acids is 1. The lowest BCUT2D eigenvalue weighted by Gasteiger charge is -2.43. The van der Waals surface area contributed by atoms with Gasteiger partial charge in [-0.15, -0.1) is 0 Å². The van der Waals surface area contributed by atoms with Crippen molar-refractivity contribution in [1.82, 2.24) is 0 Å². The van der Waals surface area contributed by atoms with Crippen LogP contribution in [0.15, 0.2) is 72.8 Å². The molecule has 0 amide bonds. The monoisotopic (exact) mass is 468 g/mol. The predicted molar refractivity (Wildman–Crippen MR) is 116 cm³/mol. The second-order valence-corrected chi connectivity index (χ2v) is 7.88. The minimum atomic E-state index is -3.25. The maximum atomic E-state index is 14.6. The van der Waals surface area contributed by atoms with Gasteiger partial charge in [0.05, 0.1) is 23.4 Å². The highest BCUT2D eigenvalue weighted by Gasteiger charge is 2.46. The van der Waals surface area contributed by atoms with Crippen LogP contribution in [-0.4, -0.2) is 12.6 Å². The summed E-state index contributed by atoms with van der Waals surface area (Å²) in [6.07, 6.45) is 0. The van der Waals surface area contributed by atoms with E-state index >= 15 is 0 Å². The Labute approximate surface area is 195 Å². The van der Waals surface area contributed by atoms with Crippen molar-refractivity contribution < 1.29 is 32.5 Å². The molecule has 0 aliphatic carbocycles. The van der Waals surface area contributed by atoms with Gasteiger partial charge in [0.25, 0.3) is 0 Å². The molecular weight excluding hydrogens is 447 g/mol. The number of benzene rings is 3. The minimum Gasteiger partial charge on any atom is -0.549 e. The number of carboxylic acids is 1. The van der Waals surface area contributed by atoms with E-state index in [1.807, 2.05) is 12.1 Å². The van der Waals surface area contributed by atoms with Gasteiger partial charge in [-0.05, 0) is 53.4 Å². The lowest BCUT2D eigenvalue weighted by molar-refractivity contribution is -0.316. The Bertz CT molecular complexity index is 1190. The van der Waals surface area contributed by atoms with Crippen LogP contribution < -0.4 is 14.6 Å². The molecule has 0 N–H and O–H groups in total. The highest BCUT2D eigenvalue weighted by Crippen LogP contribution is 2.46. The number of carbonyl (C=O) groups is 1. The molecule has 5 nitrogen and oxygen atoms in total. The van der Waals surface area contributed by atoms with Crippen molar-refractivity contribution in [2.75, 3.05) is 0 Å². The second kappa shape index (κ2) is 10.3. The van der Waals surface area contributed by atoms with Crippen LogP contribution in [0.4, 0.5) is 13.2 Å². The molecule has 0 saturated heterocycles. The number of hydrogen-bond acceptors (Lipinski definition) is 5. The molecule has 8 heteroatoms. The molecule has 0 fully saturated rings. The van der Waals surface area contributed by atoms with Crippen LogP contribution in [0.1, 0.15) is 30.9 Å². The molecule has 0 aliphatic heterocycles. The summed E-state index contributed by atoms with van der Waals surface area (Å²) in [7, 11) is 0. The fourth-order valence-corrected chi connectivity index (χ4v) is 4.08. The first kappa shape index (κ1) is 24.6. The summed E-state index contributed by atoms with van der Waals surface area (Å²) >= 11 is 0. The van der Waals surface area contributed by atoms with E-state index in [1.54, 1.807) is 56.3 Å². The summed E-state index contributed by atoms with van der Waals surface area (Å²) < 4.78 is 49.6. The van der Waals surface area contributed by atoms with Gasteiger partial charge >= 0.3 is 6.61 Å². The van der Waals surface area contributed by atoms with E-state index in [9.17, 15) is 28.3 Å². The van der Waals surface area contributed by atoms with E-state index in [1.165, 1.54) is 6.07 Å². The SMILES string of the molecule is CC(C)C(C(=O)[O-])(c1ccc(OC(F)F)c(F)c1)C(C#N)c1cccc(Oc2ccccc2)c1. The van der Waals surface area contributed by atoms with E-state index in [-0.39, 0.29) is 5.56 Å². The van der Waals surface area contributed by atoms with Crippen LogP contribution >= 0.6 is 0 Å². The predicted octanol–water partition coefficient (Wildman–Crippen LogP) is 5.17. The average Bonchev–Trinajstić information content (AvgIpc) is 2.79. The summed E-state index contributed by atoms with van der Waals surface area (Å²) in [5.41, 5.74) is -1.81. The summed E-state index contributed by atoms with van der Waals surface area (Å²) in [6, 6.07) is 20.1. The smallest absolute Gasteiger partial charge is 0.387 e. The number of nitriles is 1. The molecular formula is C26H21F3NO4-. The molecule has 0 bridgehead atoms. The van der Waals surface area contributed by atoms with Crippen LogP contribution in [-0.2, 0) is 10.2 Å². The normalized spacial score (nSPS) is 13.7. The zero-order chi connectivity index (χ0) is 24.9. The number of nitrogens with zero attached hydrogens (tertiary/aromatic N) is 1. The van der Waals surface area contributed by atoms with Crippen molar-refractivity contribution in [3.8, 4) is 23.3 Å². The van der Waals surface area contributed by atoms with Crippen molar-refractivity contribution >= 4 is 5.97 Å². The molecule has 34 heavy (non-hydrogen) atoms. The Morgan fingerprint density at radius 1 is 1.00 bits per heavy atom. The average molecular weight is 468 g/mol. The van der Waals surface area contributed by atoms with Crippen LogP contribution in [0.5, 0.6) is 17.2 Å². The molecule has 3 rings (SSSR count). The van der Waals surface area contributed by atoms with Crippen molar-refractivity contribution in [3.63, 3.8) is 0 Å². The highest BCUT2D eigenvalue weighted by molar-refractivity contribution is 5.83.